The molecule has 0 aromatic heterocycles. The lowest BCUT2D eigenvalue weighted by molar-refractivity contribution is -0.137. The minimum Gasteiger partial charge on any atom is -0.368 e. The van der Waals surface area contributed by atoms with Gasteiger partial charge in [0.15, 0.2) is 0 Å². The van der Waals surface area contributed by atoms with E-state index in [0.29, 0.717) is 84.0 Å². The quantitative estimate of drug-likeness (QED) is 0.0343. The Morgan fingerprint density at radius 1 is 0.321 bits per heavy atom. The van der Waals surface area contributed by atoms with E-state index in [0.717, 1.165) is 0 Å². The number of hydrogen-bond acceptors (Lipinski definition) is 15. The Labute approximate surface area is 482 Å². The summed E-state index contributed by atoms with van der Waals surface area (Å²) in [6, 6.07) is -10.2. The molecule has 0 aliphatic carbocycles. The number of carbonyl (C=O) groups excluding carboxylic acids is 10. The summed E-state index contributed by atoms with van der Waals surface area (Å²) in [5, 5.41) is 24.9. The summed E-state index contributed by atoms with van der Waals surface area (Å²) in [7, 11) is 0. The number of nitrogens with one attached hydrogen (secondary N) is 9. The summed E-state index contributed by atoms with van der Waals surface area (Å²) < 4.78 is 0. The number of amides is 10. The molecule has 10 atom stereocenters. The van der Waals surface area contributed by atoms with Crippen LogP contribution in [0.4, 0.5) is 0 Å². The Morgan fingerprint density at radius 3 is 0.840 bits per heavy atom. The van der Waals surface area contributed by atoms with Crippen LogP contribution in [0, 0.1) is 29.6 Å². The zero-order chi connectivity index (χ0) is 61.8. The average molecular weight is 1150 g/mol. The maximum Gasteiger partial charge on any atom is 0.243 e. The number of nitrogens with two attached hydrogens (primary N) is 6. The summed E-state index contributed by atoms with van der Waals surface area (Å²) in [5.41, 5.74) is 34.4. The largest absolute Gasteiger partial charge is 0.368 e. The van der Waals surface area contributed by atoms with E-state index < -0.39 is 119 Å². The van der Waals surface area contributed by atoms with Crippen molar-refractivity contribution in [1.29, 1.82) is 0 Å². The van der Waals surface area contributed by atoms with E-state index in [1.54, 1.807) is 6.92 Å². The zero-order valence-corrected chi connectivity index (χ0v) is 50.7. The molecular formula is C56H109N15O10. The topological polar surface area (TPSA) is 435 Å². The van der Waals surface area contributed by atoms with E-state index in [4.69, 9.17) is 34.4 Å². The van der Waals surface area contributed by atoms with E-state index in [9.17, 15) is 47.9 Å². The van der Waals surface area contributed by atoms with Crippen LogP contribution in [0.2, 0.25) is 0 Å². The van der Waals surface area contributed by atoms with Crippen molar-refractivity contribution in [3.63, 3.8) is 0 Å². The first-order valence-electron chi connectivity index (χ1n) is 29.7. The van der Waals surface area contributed by atoms with Gasteiger partial charge in [-0.3, -0.25) is 47.9 Å². The maximum absolute atomic E-state index is 14.5. The van der Waals surface area contributed by atoms with E-state index in [2.05, 4.69) is 47.9 Å². The van der Waals surface area contributed by atoms with Crippen LogP contribution in [0.15, 0.2) is 0 Å². The van der Waals surface area contributed by atoms with Gasteiger partial charge >= 0.3 is 0 Å². The van der Waals surface area contributed by atoms with Crippen LogP contribution in [0.3, 0.4) is 0 Å². The highest BCUT2D eigenvalue weighted by Crippen LogP contribution is 2.16. The lowest BCUT2D eigenvalue weighted by Gasteiger charge is -2.30. The van der Waals surface area contributed by atoms with Gasteiger partial charge in [0, 0.05) is 0 Å². The molecule has 0 aromatic rings. The molecule has 10 amide bonds. The highest BCUT2D eigenvalue weighted by molar-refractivity contribution is 5.98. The standard InChI is InChI=1S/C56H109N15O10/c1-11-37(10)47(56(81)67-40(22-14-18-26-59)50(75)64-39(21-13-17-25-58)51(76)69-45(31-36(8)9)55(80)68-42(48(62)73)28-33(2)3)71-52(77)41(23-15-19-27-60)65-49(74)38(20-12-16-24-57)66-54(79)44(30-35(6)7)70-53(78)43(29-34(4)5)63-46(72)32-61/h33-45,47H,11-32,57-61H2,1-10H3,(H2,62,73)(H,63,72)(H,64,75)(H,65,74)(H,66,79)(H,67,81)(H,68,80)(H,69,76)(H,70,78)(H,71,77)/t37-,38+,39+,40+,41+,42+,43+,44+,45+,47-/m1/s1. The monoisotopic (exact) mass is 1150 g/mol. The minimum atomic E-state index is -1.23. The zero-order valence-electron chi connectivity index (χ0n) is 50.7. The average Bonchev–Trinajstić information content (AvgIpc) is 3.39. The Morgan fingerprint density at radius 2 is 0.568 bits per heavy atom. The molecule has 0 aliphatic rings. The number of primary amides is 1. The Balaban J connectivity index is 6.98. The molecule has 81 heavy (non-hydrogen) atoms. The molecule has 0 saturated heterocycles. The molecule has 468 valence electrons. The van der Waals surface area contributed by atoms with Crippen LogP contribution in [-0.2, 0) is 47.9 Å². The second-order valence-corrected chi connectivity index (χ2v) is 23.2. The van der Waals surface area contributed by atoms with Gasteiger partial charge in [0.25, 0.3) is 0 Å². The molecule has 0 unspecified atom stereocenters. The van der Waals surface area contributed by atoms with Gasteiger partial charge in [0.2, 0.25) is 59.1 Å². The normalized spacial score (nSPS) is 15.2. The van der Waals surface area contributed by atoms with Crippen molar-refractivity contribution in [2.75, 3.05) is 32.7 Å². The number of rotatable bonds is 45. The van der Waals surface area contributed by atoms with Crippen LogP contribution in [0.5, 0.6) is 0 Å². The van der Waals surface area contributed by atoms with E-state index >= 15 is 0 Å². The van der Waals surface area contributed by atoms with Gasteiger partial charge in [0.1, 0.15) is 54.4 Å². The van der Waals surface area contributed by atoms with Crippen molar-refractivity contribution in [1.82, 2.24) is 47.9 Å². The first-order chi connectivity index (χ1) is 38.2. The molecule has 0 radical (unpaired) electrons. The summed E-state index contributed by atoms with van der Waals surface area (Å²) >= 11 is 0. The second-order valence-electron chi connectivity index (χ2n) is 23.2. The molecule has 0 saturated carbocycles. The molecule has 25 heteroatoms. The number of unbranched alkanes of at least 4 members (excludes halogenated alkanes) is 4. The van der Waals surface area contributed by atoms with Crippen molar-refractivity contribution >= 4 is 59.1 Å². The van der Waals surface area contributed by atoms with Gasteiger partial charge < -0.3 is 82.3 Å². The molecule has 0 bridgehead atoms. The molecular weight excluding hydrogens is 1040 g/mol. The first-order valence-corrected chi connectivity index (χ1v) is 29.7. The fraction of sp³-hybridized carbons (Fsp3) is 0.821. The smallest absolute Gasteiger partial charge is 0.243 e. The summed E-state index contributed by atoms with van der Waals surface area (Å²) in [4.78, 5) is 138. The fourth-order valence-corrected chi connectivity index (χ4v) is 8.98. The van der Waals surface area contributed by atoms with Crippen LogP contribution in [-0.4, -0.2) is 146 Å². The maximum atomic E-state index is 14.5. The minimum absolute atomic E-state index is 0.00206. The van der Waals surface area contributed by atoms with Crippen LogP contribution in [0.1, 0.15) is 178 Å². The van der Waals surface area contributed by atoms with Gasteiger partial charge in [-0.1, -0.05) is 75.7 Å². The number of hydrogen-bond donors (Lipinski definition) is 15. The molecule has 0 aromatic carbocycles. The van der Waals surface area contributed by atoms with Crippen molar-refractivity contribution in [3.8, 4) is 0 Å². The summed E-state index contributed by atoms with van der Waals surface area (Å²) in [6.45, 7) is 19.4. The third kappa shape index (κ3) is 32.1. The van der Waals surface area contributed by atoms with E-state index in [1.807, 2.05) is 62.3 Å². The van der Waals surface area contributed by atoms with Crippen LogP contribution < -0.4 is 82.3 Å². The van der Waals surface area contributed by atoms with Crippen molar-refractivity contribution in [2.45, 2.75) is 233 Å². The molecule has 21 N–H and O–H groups in total. The molecule has 0 rings (SSSR count). The fourth-order valence-electron chi connectivity index (χ4n) is 8.98. The molecule has 0 fully saturated rings. The lowest BCUT2D eigenvalue weighted by Crippen LogP contribution is -2.61. The Bertz CT molecular complexity index is 1930. The molecule has 0 aliphatic heterocycles. The van der Waals surface area contributed by atoms with Gasteiger partial charge in [0.05, 0.1) is 6.54 Å². The summed E-state index contributed by atoms with van der Waals surface area (Å²) in [6.07, 6.45) is 5.52. The third-order valence-corrected chi connectivity index (χ3v) is 13.7. The number of carbonyl (C=O) groups is 10. The summed E-state index contributed by atoms with van der Waals surface area (Å²) in [5.74, 6) is -7.20. The predicted octanol–water partition coefficient (Wildman–Crippen LogP) is -0.460. The highest BCUT2D eigenvalue weighted by Gasteiger charge is 2.37. The van der Waals surface area contributed by atoms with Crippen LogP contribution in [0.25, 0.3) is 0 Å². The van der Waals surface area contributed by atoms with E-state index in [-0.39, 0.29) is 81.6 Å². The molecule has 0 spiro atoms. The van der Waals surface area contributed by atoms with Crippen molar-refractivity contribution in [2.24, 2.45) is 64.0 Å². The first kappa shape index (κ1) is 75.5. The third-order valence-electron chi connectivity index (χ3n) is 13.7. The van der Waals surface area contributed by atoms with Gasteiger partial charge in [-0.2, -0.15) is 0 Å². The second kappa shape index (κ2) is 42.3. The van der Waals surface area contributed by atoms with Gasteiger partial charge in [-0.25, -0.2) is 0 Å². The predicted molar refractivity (Wildman–Crippen MR) is 315 cm³/mol. The van der Waals surface area contributed by atoms with E-state index in [1.165, 1.54) is 0 Å². The van der Waals surface area contributed by atoms with Crippen molar-refractivity contribution < 1.29 is 47.9 Å². The molecule has 0 heterocycles. The van der Waals surface area contributed by atoms with Crippen molar-refractivity contribution in [3.05, 3.63) is 0 Å². The van der Waals surface area contributed by atoms with Gasteiger partial charge in [-0.05, 0) is 159 Å². The molecule has 25 nitrogen and oxygen atoms in total. The Kier molecular flexibility index (Phi) is 39.5. The van der Waals surface area contributed by atoms with Gasteiger partial charge in [-0.15, -0.1) is 0 Å². The highest BCUT2D eigenvalue weighted by atomic mass is 16.2. The SMILES string of the molecule is CC[C@@H](C)[C@@H](NC(=O)[C@H](CCCCN)NC(=O)[C@H](CCCCN)NC(=O)[C@H](CC(C)C)NC(=O)[C@H](CC(C)C)NC(=O)CN)C(=O)N[C@@H](CCCCN)C(=O)N[C@@H](CCCCN)C(=O)N[C@@H](CC(C)C)C(=O)N[C@@H](CC(C)C)C(N)=O. The Hall–Kier alpha value is -5.50. The lowest BCUT2D eigenvalue weighted by atomic mass is 9.96. The van der Waals surface area contributed by atoms with Crippen LogP contribution >= 0.6 is 0 Å².